The summed E-state index contributed by atoms with van der Waals surface area (Å²) in [7, 11) is 1.48. The smallest absolute Gasteiger partial charge is 0.326 e. The van der Waals surface area contributed by atoms with E-state index < -0.39 is 29.1 Å². The van der Waals surface area contributed by atoms with E-state index in [0.717, 1.165) is 5.56 Å². The number of likely N-dealkylation sites (tertiary alicyclic amines) is 1. The Labute approximate surface area is 169 Å². The Morgan fingerprint density at radius 2 is 2.07 bits per heavy atom. The summed E-state index contributed by atoms with van der Waals surface area (Å²) >= 11 is 7.71. The summed E-state index contributed by atoms with van der Waals surface area (Å²) in [5.74, 6) is -2.76. The minimum absolute atomic E-state index is 0.148. The largest absolute Gasteiger partial charge is 0.481 e. The van der Waals surface area contributed by atoms with Crippen LogP contribution < -0.4 is 0 Å². The molecule has 2 heterocycles. The minimum Gasteiger partial charge on any atom is -0.481 e. The molecule has 0 aromatic carbocycles. The number of halogens is 1. The van der Waals surface area contributed by atoms with Crippen LogP contribution in [0.25, 0.3) is 0 Å². The van der Waals surface area contributed by atoms with Crippen LogP contribution in [-0.4, -0.2) is 53.0 Å². The van der Waals surface area contributed by atoms with Crippen molar-refractivity contribution in [2.45, 2.75) is 64.3 Å². The number of carboxylic acids is 1. The number of carbonyl (C=O) groups excluding carboxylic acids is 1. The van der Waals surface area contributed by atoms with Gasteiger partial charge in [-0.25, -0.2) is 0 Å². The fourth-order valence-corrected chi connectivity index (χ4v) is 5.74. The van der Waals surface area contributed by atoms with Crippen molar-refractivity contribution in [2.24, 2.45) is 5.92 Å². The quantitative estimate of drug-likeness (QED) is 0.705. The summed E-state index contributed by atoms with van der Waals surface area (Å²) in [5, 5.41) is 11.9. The van der Waals surface area contributed by atoms with Gasteiger partial charge in [0, 0.05) is 19.1 Å². The lowest BCUT2D eigenvalue weighted by molar-refractivity contribution is -0.246. The molecule has 152 valence electrons. The summed E-state index contributed by atoms with van der Waals surface area (Å²) in [6.07, 6.45) is 0.274. The number of thiophene rings is 1. The van der Waals surface area contributed by atoms with E-state index >= 15 is 0 Å². The molecule has 0 aliphatic carbocycles. The van der Waals surface area contributed by atoms with Gasteiger partial charge in [-0.05, 0) is 58.0 Å². The van der Waals surface area contributed by atoms with E-state index in [9.17, 15) is 14.7 Å². The van der Waals surface area contributed by atoms with Crippen LogP contribution in [-0.2, 0) is 19.1 Å². The van der Waals surface area contributed by atoms with Gasteiger partial charge in [0.2, 0.25) is 0 Å². The number of rotatable bonds is 6. The van der Waals surface area contributed by atoms with Crippen LogP contribution in [0.1, 0.15) is 52.5 Å². The fourth-order valence-electron chi connectivity index (χ4n) is 4.69. The van der Waals surface area contributed by atoms with Gasteiger partial charge in [-0.2, -0.15) is 0 Å². The number of aliphatic carboxylic acids is 1. The molecule has 1 fully saturated rings. The highest BCUT2D eigenvalue weighted by Gasteiger charge is 2.63. The molecule has 1 N–H and O–H groups in total. The molecule has 1 aliphatic heterocycles. The van der Waals surface area contributed by atoms with E-state index in [0.29, 0.717) is 4.34 Å². The van der Waals surface area contributed by atoms with Crippen LogP contribution in [0.5, 0.6) is 0 Å². The summed E-state index contributed by atoms with van der Waals surface area (Å²) in [6.45, 7) is 9.38. The highest BCUT2D eigenvalue weighted by atomic mass is 35.5. The van der Waals surface area contributed by atoms with Crippen LogP contribution in [0.15, 0.2) is 11.4 Å². The SMILES string of the molecule is CCOC(=O)C1(C)CC(c2ccsc2Cl)C(C(=O)O)C(C)(OC)N1C(C)C. The van der Waals surface area contributed by atoms with Crippen molar-refractivity contribution >= 4 is 34.9 Å². The van der Waals surface area contributed by atoms with Gasteiger partial charge in [0.1, 0.15) is 17.2 Å². The summed E-state index contributed by atoms with van der Waals surface area (Å²) in [6, 6.07) is 1.69. The Balaban J connectivity index is 2.72. The van der Waals surface area contributed by atoms with Gasteiger partial charge < -0.3 is 14.6 Å². The summed E-state index contributed by atoms with van der Waals surface area (Å²) in [4.78, 5) is 27.2. The van der Waals surface area contributed by atoms with Crippen molar-refractivity contribution in [3.05, 3.63) is 21.3 Å². The number of ether oxygens (including phenoxy) is 2. The molecule has 1 aliphatic rings. The first-order valence-corrected chi connectivity index (χ1v) is 10.3. The summed E-state index contributed by atoms with van der Waals surface area (Å²) in [5.41, 5.74) is -1.55. The molecule has 1 aromatic heterocycles. The molecule has 4 atom stereocenters. The van der Waals surface area contributed by atoms with Gasteiger partial charge in [0.05, 0.1) is 10.9 Å². The molecule has 1 saturated heterocycles. The van der Waals surface area contributed by atoms with E-state index in [4.69, 9.17) is 21.1 Å². The molecular weight excluding hydrogens is 390 g/mol. The topological polar surface area (TPSA) is 76.1 Å². The Bertz CT molecular complexity index is 708. The third-order valence-corrected chi connectivity index (χ3v) is 6.76. The molecule has 2 rings (SSSR count). The van der Waals surface area contributed by atoms with E-state index in [1.807, 2.05) is 30.2 Å². The number of piperidine rings is 1. The maximum atomic E-state index is 13.0. The Kier molecular flexibility index (Phi) is 6.62. The highest BCUT2D eigenvalue weighted by molar-refractivity contribution is 7.14. The lowest BCUT2D eigenvalue weighted by Crippen LogP contribution is -2.73. The lowest BCUT2D eigenvalue weighted by atomic mass is 9.67. The van der Waals surface area contributed by atoms with E-state index in [-0.39, 0.29) is 25.0 Å². The standard InChI is InChI=1S/C19H28ClNO5S/c1-7-26-17(24)18(4)10-13(12-8-9-27-15(12)20)14(16(22)23)19(5,25-6)21(18)11(2)3/h8-9,11,13-14H,7,10H2,1-6H3,(H,22,23). The second-order valence-corrected chi connectivity index (χ2v) is 9.01. The molecular formula is C19H28ClNO5S. The Hall–Kier alpha value is -1.15. The molecule has 0 spiro atoms. The average molecular weight is 418 g/mol. The molecule has 27 heavy (non-hydrogen) atoms. The number of nitrogens with zero attached hydrogens (tertiary/aromatic N) is 1. The molecule has 1 aromatic rings. The van der Waals surface area contributed by atoms with Gasteiger partial charge in [-0.15, -0.1) is 11.3 Å². The highest BCUT2D eigenvalue weighted by Crippen LogP contribution is 2.53. The summed E-state index contributed by atoms with van der Waals surface area (Å²) < 4.78 is 11.7. The van der Waals surface area contributed by atoms with Gasteiger partial charge in [0.15, 0.2) is 0 Å². The maximum Gasteiger partial charge on any atom is 0.326 e. The van der Waals surface area contributed by atoms with Gasteiger partial charge in [-0.1, -0.05) is 11.6 Å². The first-order valence-electron chi connectivity index (χ1n) is 9.02. The van der Waals surface area contributed by atoms with Crippen molar-refractivity contribution in [1.82, 2.24) is 4.90 Å². The first kappa shape index (κ1) is 22.1. The predicted molar refractivity (Wildman–Crippen MR) is 105 cm³/mol. The molecule has 6 nitrogen and oxygen atoms in total. The number of esters is 1. The number of carbonyl (C=O) groups is 2. The average Bonchev–Trinajstić information content (AvgIpc) is 2.99. The number of hydrogen-bond acceptors (Lipinski definition) is 6. The number of methoxy groups -OCH3 is 1. The van der Waals surface area contributed by atoms with Crippen molar-refractivity contribution < 1.29 is 24.2 Å². The molecule has 0 amide bonds. The fraction of sp³-hybridized carbons (Fsp3) is 0.684. The van der Waals surface area contributed by atoms with Crippen molar-refractivity contribution in [3.63, 3.8) is 0 Å². The second-order valence-electron chi connectivity index (χ2n) is 7.49. The number of carboxylic acid groups (broad SMARTS) is 1. The third kappa shape index (κ3) is 3.62. The zero-order chi connectivity index (χ0) is 20.6. The van der Waals surface area contributed by atoms with Gasteiger partial charge in [0.25, 0.3) is 0 Å². The van der Waals surface area contributed by atoms with Crippen LogP contribution in [0.3, 0.4) is 0 Å². The number of hydrogen-bond donors (Lipinski definition) is 1. The van der Waals surface area contributed by atoms with Crippen LogP contribution in [0.2, 0.25) is 4.34 Å². The molecule has 4 unspecified atom stereocenters. The lowest BCUT2D eigenvalue weighted by Gasteiger charge is -2.59. The zero-order valence-corrected chi connectivity index (χ0v) is 18.2. The van der Waals surface area contributed by atoms with Crippen LogP contribution >= 0.6 is 22.9 Å². The monoisotopic (exact) mass is 417 g/mol. The Morgan fingerprint density at radius 3 is 2.48 bits per heavy atom. The predicted octanol–water partition coefficient (Wildman–Crippen LogP) is 3.98. The van der Waals surface area contributed by atoms with Crippen LogP contribution in [0.4, 0.5) is 0 Å². The van der Waals surface area contributed by atoms with E-state index in [2.05, 4.69) is 0 Å². The van der Waals surface area contributed by atoms with Crippen molar-refractivity contribution in [2.75, 3.05) is 13.7 Å². The molecule has 0 bridgehead atoms. The first-order chi connectivity index (χ1) is 12.5. The minimum atomic E-state index is -1.23. The zero-order valence-electron chi connectivity index (χ0n) is 16.6. The van der Waals surface area contributed by atoms with E-state index in [1.165, 1.54) is 18.4 Å². The molecule has 0 radical (unpaired) electrons. The van der Waals surface area contributed by atoms with Gasteiger partial charge >= 0.3 is 11.9 Å². The molecule has 8 heteroatoms. The second kappa shape index (κ2) is 8.07. The van der Waals surface area contributed by atoms with Crippen molar-refractivity contribution in [3.8, 4) is 0 Å². The normalized spacial score (nSPS) is 31.9. The van der Waals surface area contributed by atoms with Crippen LogP contribution in [0, 0.1) is 5.92 Å². The Morgan fingerprint density at radius 1 is 1.44 bits per heavy atom. The van der Waals surface area contributed by atoms with Crippen molar-refractivity contribution in [1.29, 1.82) is 0 Å². The van der Waals surface area contributed by atoms with Gasteiger partial charge in [-0.3, -0.25) is 14.5 Å². The molecule has 0 saturated carbocycles. The van der Waals surface area contributed by atoms with E-state index in [1.54, 1.807) is 20.8 Å². The maximum absolute atomic E-state index is 13.0. The third-order valence-electron chi connectivity index (χ3n) is 5.56.